The van der Waals surface area contributed by atoms with Gasteiger partial charge in [-0.25, -0.2) is 4.79 Å². The molecule has 0 saturated carbocycles. The first-order valence-corrected chi connectivity index (χ1v) is 5.95. The summed E-state index contributed by atoms with van der Waals surface area (Å²) in [4.78, 5) is 11.8. The van der Waals surface area contributed by atoms with E-state index in [4.69, 9.17) is 4.74 Å². The minimum Gasteiger partial charge on any atom is -0.507 e. The van der Waals surface area contributed by atoms with Gasteiger partial charge < -0.3 is 9.84 Å². The van der Waals surface area contributed by atoms with E-state index in [1.165, 1.54) is 0 Å². The SMILES string of the molecule is Cc1cc(Br)c2c(c1O)C(=O)OC(C)C2C. The standard InChI is InChI=1S/C12H13BrO3/c1-5-4-8(13)9-6(2)7(3)16-12(15)10(9)11(5)14/h4,6-7,14H,1-3H3. The van der Waals surface area contributed by atoms with Crippen LogP contribution in [-0.4, -0.2) is 17.2 Å². The third-order valence-electron chi connectivity index (χ3n) is 3.14. The smallest absolute Gasteiger partial charge is 0.342 e. The van der Waals surface area contributed by atoms with Crippen LogP contribution < -0.4 is 0 Å². The number of rotatable bonds is 0. The number of cyclic esters (lactones) is 1. The molecule has 1 aromatic carbocycles. The van der Waals surface area contributed by atoms with Crippen LogP contribution in [0.5, 0.6) is 5.75 Å². The molecule has 0 radical (unpaired) electrons. The Bertz CT molecular complexity index is 468. The summed E-state index contributed by atoms with van der Waals surface area (Å²) in [5.74, 6) is -0.335. The first kappa shape index (κ1) is 11.5. The molecule has 2 rings (SSSR count). The van der Waals surface area contributed by atoms with Crippen LogP contribution in [0, 0.1) is 6.92 Å². The first-order valence-electron chi connectivity index (χ1n) is 5.16. The van der Waals surface area contributed by atoms with Crippen molar-refractivity contribution >= 4 is 21.9 Å². The zero-order valence-corrected chi connectivity index (χ0v) is 11.0. The molecule has 0 aromatic heterocycles. The van der Waals surface area contributed by atoms with Gasteiger partial charge in [0.25, 0.3) is 0 Å². The molecular formula is C12H13BrO3. The van der Waals surface area contributed by atoms with Gasteiger partial charge >= 0.3 is 5.97 Å². The maximum atomic E-state index is 11.8. The minimum absolute atomic E-state index is 0.0296. The lowest BCUT2D eigenvalue weighted by molar-refractivity contribution is 0.0235. The van der Waals surface area contributed by atoms with Crippen LogP contribution in [0.4, 0.5) is 0 Å². The van der Waals surface area contributed by atoms with Crippen molar-refractivity contribution in [2.45, 2.75) is 32.8 Å². The Balaban J connectivity index is 2.75. The predicted molar refractivity (Wildman–Crippen MR) is 63.8 cm³/mol. The second-order valence-electron chi connectivity index (χ2n) is 4.21. The zero-order valence-electron chi connectivity index (χ0n) is 9.37. The number of aryl methyl sites for hydroxylation is 1. The molecule has 0 fully saturated rings. The maximum Gasteiger partial charge on any atom is 0.342 e. The molecule has 3 nitrogen and oxygen atoms in total. The molecule has 16 heavy (non-hydrogen) atoms. The van der Waals surface area contributed by atoms with Gasteiger partial charge in [0.2, 0.25) is 0 Å². The van der Waals surface area contributed by atoms with Crippen molar-refractivity contribution in [3.05, 3.63) is 27.2 Å². The summed E-state index contributed by atoms with van der Waals surface area (Å²) in [7, 11) is 0. The molecule has 86 valence electrons. The van der Waals surface area contributed by atoms with Crippen LogP contribution in [-0.2, 0) is 4.74 Å². The van der Waals surface area contributed by atoms with E-state index in [-0.39, 0.29) is 17.8 Å². The molecule has 1 aromatic rings. The number of hydrogen-bond acceptors (Lipinski definition) is 3. The highest BCUT2D eigenvalue weighted by Gasteiger charge is 2.34. The van der Waals surface area contributed by atoms with Crippen molar-refractivity contribution in [3.8, 4) is 5.75 Å². The van der Waals surface area contributed by atoms with Crippen molar-refractivity contribution < 1.29 is 14.6 Å². The highest BCUT2D eigenvalue weighted by atomic mass is 79.9. The Morgan fingerprint density at radius 2 is 2.06 bits per heavy atom. The Kier molecular flexibility index (Phi) is 2.70. The van der Waals surface area contributed by atoms with Crippen LogP contribution in [0.2, 0.25) is 0 Å². The van der Waals surface area contributed by atoms with Crippen molar-refractivity contribution in [3.63, 3.8) is 0 Å². The highest BCUT2D eigenvalue weighted by Crippen LogP contribution is 2.41. The molecule has 1 aliphatic heterocycles. The summed E-state index contributed by atoms with van der Waals surface area (Å²) in [6, 6.07) is 1.83. The summed E-state index contributed by atoms with van der Waals surface area (Å²) >= 11 is 3.44. The molecule has 1 N–H and O–H groups in total. The van der Waals surface area contributed by atoms with Crippen LogP contribution >= 0.6 is 15.9 Å². The van der Waals surface area contributed by atoms with E-state index in [1.807, 2.05) is 19.9 Å². The van der Waals surface area contributed by atoms with Gasteiger partial charge in [-0.2, -0.15) is 0 Å². The summed E-state index contributed by atoms with van der Waals surface area (Å²) in [6.07, 6.45) is -0.168. The molecule has 0 aliphatic carbocycles. The zero-order chi connectivity index (χ0) is 12.0. The van der Waals surface area contributed by atoms with E-state index < -0.39 is 5.97 Å². The largest absolute Gasteiger partial charge is 0.507 e. The van der Waals surface area contributed by atoms with Crippen molar-refractivity contribution in [2.75, 3.05) is 0 Å². The number of hydrogen-bond donors (Lipinski definition) is 1. The van der Waals surface area contributed by atoms with E-state index in [0.29, 0.717) is 11.1 Å². The third kappa shape index (κ3) is 1.52. The lowest BCUT2D eigenvalue weighted by Gasteiger charge is -2.30. The molecule has 4 heteroatoms. The van der Waals surface area contributed by atoms with Gasteiger partial charge in [-0.05, 0) is 31.0 Å². The van der Waals surface area contributed by atoms with Gasteiger partial charge in [-0.15, -0.1) is 0 Å². The van der Waals surface area contributed by atoms with Gasteiger partial charge in [-0.3, -0.25) is 0 Å². The van der Waals surface area contributed by atoms with Gasteiger partial charge in [0.15, 0.2) is 0 Å². The van der Waals surface area contributed by atoms with E-state index in [1.54, 1.807) is 6.92 Å². The topological polar surface area (TPSA) is 46.5 Å². The molecule has 1 aliphatic rings. The number of fused-ring (bicyclic) bond motifs is 1. The quantitative estimate of drug-likeness (QED) is 0.745. The fraction of sp³-hybridized carbons (Fsp3) is 0.417. The van der Waals surface area contributed by atoms with Crippen LogP contribution in [0.1, 0.15) is 41.3 Å². The van der Waals surface area contributed by atoms with Crippen molar-refractivity contribution in [1.29, 1.82) is 0 Å². The number of carbonyl (C=O) groups excluding carboxylic acids is 1. The normalized spacial score (nSPS) is 23.9. The second-order valence-corrected chi connectivity index (χ2v) is 5.07. The van der Waals surface area contributed by atoms with Crippen LogP contribution in [0.3, 0.4) is 0 Å². The van der Waals surface area contributed by atoms with Gasteiger partial charge in [0, 0.05) is 10.4 Å². The Labute approximate surface area is 103 Å². The van der Waals surface area contributed by atoms with Gasteiger partial charge in [0.1, 0.15) is 17.4 Å². The fourth-order valence-corrected chi connectivity index (χ4v) is 2.90. The number of benzene rings is 1. The molecule has 0 bridgehead atoms. The third-order valence-corrected chi connectivity index (χ3v) is 3.79. The van der Waals surface area contributed by atoms with Crippen LogP contribution in [0.15, 0.2) is 10.5 Å². The predicted octanol–water partition coefficient (Wildman–Crippen LogP) is 3.13. The summed E-state index contributed by atoms with van der Waals surface area (Å²) < 4.78 is 6.05. The van der Waals surface area contributed by atoms with E-state index in [9.17, 15) is 9.90 Å². The average molecular weight is 285 g/mol. The molecule has 1 heterocycles. The summed E-state index contributed by atoms with van der Waals surface area (Å²) in [5.41, 5.74) is 1.81. The Morgan fingerprint density at radius 1 is 1.44 bits per heavy atom. The van der Waals surface area contributed by atoms with E-state index in [0.717, 1.165) is 10.0 Å². The Morgan fingerprint density at radius 3 is 2.69 bits per heavy atom. The molecule has 0 amide bonds. The molecule has 0 spiro atoms. The number of carbonyl (C=O) groups is 1. The fourth-order valence-electron chi connectivity index (χ4n) is 2.00. The monoisotopic (exact) mass is 284 g/mol. The second kappa shape index (κ2) is 3.77. The number of esters is 1. The number of ether oxygens (including phenoxy) is 1. The highest BCUT2D eigenvalue weighted by molar-refractivity contribution is 9.10. The Hall–Kier alpha value is -1.03. The summed E-state index contributed by atoms with van der Waals surface area (Å²) in [5, 5.41) is 9.92. The number of aromatic hydroxyl groups is 1. The number of halogens is 1. The summed E-state index contributed by atoms with van der Waals surface area (Å²) in [6.45, 7) is 5.60. The van der Waals surface area contributed by atoms with E-state index >= 15 is 0 Å². The maximum absolute atomic E-state index is 11.8. The van der Waals surface area contributed by atoms with Gasteiger partial charge in [-0.1, -0.05) is 22.9 Å². The molecule has 0 saturated heterocycles. The minimum atomic E-state index is -0.442. The lowest BCUT2D eigenvalue weighted by Crippen LogP contribution is -2.29. The van der Waals surface area contributed by atoms with Crippen molar-refractivity contribution in [2.24, 2.45) is 0 Å². The van der Waals surface area contributed by atoms with E-state index in [2.05, 4.69) is 15.9 Å². The average Bonchev–Trinajstić information content (AvgIpc) is 2.20. The number of phenols is 1. The molecular weight excluding hydrogens is 272 g/mol. The number of phenolic OH excluding ortho intramolecular Hbond substituents is 1. The van der Waals surface area contributed by atoms with Crippen molar-refractivity contribution in [1.82, 2.24) is 0 Å². The van der Waals surface area contributed by atoms with Crippen LogP contribution in [0.25, 0.3) is 0 Å². The lowest BCUT2D eigenvalue weighted by atomic mass is 9.88. The molecule has 2 atom stereocenters. The van der Waals surface area contributed by atoms with Gasteiger partial charge in [0.05, 0.1) is 0 Å². The first-order chi connectivity index (χ1) is 7.43. The molecule has 2 unspecified atom stereocenters.